The van der Waals surface area contributed by atoms with E-state index in [0.29, 0.717) is 23.0 Å². The number of para-hydroxylation sites is 1. The largest absolute Gasteiger partial charge is 0.280 e. The van der Waals surface area contributed by atoms with E-state index in [-0.39, 0.29) is 5.56 Å². The molecule has 0 saturated heterocycles. The number of carbonyl (C=O) groups excluding carboxylic acids is 1. The van der Waals surface area contributed by atoms with Gasteiger partial charge in [-0.25, -0.2) is 19.3 Å². The van der Waals surface area contributed by atoms with Gasteiger partial charge in [0.15, 0.2) is 0 Å². The molecule has 0 aliphatic heterocycles. The van der Waals surface area contributed by atoms with E-state index in [9.17, 15) is 9.59 Å². The van der Waals surface area contributed by atoms with Crippen molar-refractivity contribution in [1.29, 1.82) is 0 Å². The van der Waals surface area contributed by atoms with E-state index in [2.05, 4.69) is 20.5 Å². The van der Waals surface area contributed by atoms with Crippen LogP contribution < -0.4 is 11.0 Å². The van der Waals surface area contributed by atoms with Crippen LogP contribution in [0, 0.1) is 0 Å². The van der Waals surface area contributed by atoms with Crippen molar-refractivity contribution in [2.75, 3.05) is 5.43 Å². The third kappa shape index (κ3) is 3.07. The molecule has 2 aromatic carbocycles. The van der Waals surface area contributed by atoms with Gasteiger partial charge in [0.25, 0.3) is 11.5 Å². The molecule has 0 radical (unpaired) electrons. The lowest BCUT2D eigenvalue weighted by atomic mass is 10.1. The van der Waals surface area contributed by atoms with E-state index < -0.39 is 5.91 Å². The SMILES string of the molecule is O=C(Nn1cnc2ccccc2c1=O)c1ccc(Cn2cncn2)cc1. The zero-order chi connectivity index (χ0) is 17.9. The molecule has 2 aromatic heterocycles. The molecule has 0 aliphatic rings. The average Bonchev–Trinajstić information content (AvgIpc) is 3.18. The first-order valence-corrected chi connectivity index (χ1v) is 7.90. The second kappa shape index (κ2) is 6.60. The quantitative estimate of drug-likeness (QED) is 0.603. The first kappa shape index (κ1) is 15.7. The molecule has 0 atom stereocenters. The molecule has 128 valence electrons. The van der Waals surface area contributed by atoms with Gasteiger partial charge in [-0.15, -0.1) is 0 Å². The number of nitrogens with zero attached hydrogens (tertiary/aromatic N) is 5. The zero-order valence-electron chi connectivity index (χ0n) is 13.6. The monoisotopic (exact) mass is 346 g/mol. The number of hydrogen-bond donors (Lipinski definition) is 1. The fourth-order valence-electron chi connectivity index (χ4n) is 2.59. The second-order valence-corrected chi connectivity index (χ2v) is 5.67. The van der Waals surface area contributed by atoms with E-state index in [1.165, 1.54) is 12.7 Å². The van der Waals surface area contributed by atoms with Crippen molar-refractivity contribution in [2.45, 2.75) is 6.54 Å². The van der Waals surface area contributed by atoms with Gasteiger partial charge in [0.2, 0.25) is 0 Å². The summed E-state index contributed by atoms with van der Waals surface area (Å²) in [5, 5.41) is 4.48. The van der Waals surface area contributed by atoms with Gasteiger partial charge >= 0.3 is 0 Å². The van der Waals surface area contributed by atoms with Crippen LogP contribution in [0.25, 0.3) is 10.9 Å². The van der Waals surface area contributed by atoms with Crippen LogP contribution in [-0.4, -0.2) is 30.3 Å². The van der Waals surface area contributed by atoms with Crippen molar-refractivity contribution >= 4 is 16.8 Å². The van der Waals surface area contributed by atoms with Crippen LogP contribution in [0.3, 0.4) is 0 Å². The van der Waals surface area contributed by atoms with E-state index in [1.54, 1.807) is 47.4 Å². The third-order valence-corrected chi connectivity index (χ3v) is 3.91. The summed E-state index contributed by atoms with van der Waals surface area (Å²) in [7, 11) is 0. The highest BCUT2D eigenvalue weighted by atomic mass is 16.2. The molecule has 1 N–H and O–H groups in total. The summed E-state index contributed by atoms with van der Waals surface area (Å²) >= 11 is 0. The summed E-state index contributed by atoms with van der Waals surface area (Å²) in [5.41, 5.74) is 4.24. The van der Waals surface area contributed by atoms with E-state index in [0.717, 1.165) is 10.2 Å². The second-order valence-electron chi connectivity index (χ2n) is 5.67. The van der Waals surface area contributed by atoms with Crippen molar-refractivity contribution in [3.8, 4) is 0 Å². The minimum Gasteiger partial charge on any atom is -0.267 e. The fraction of sp³-hybridized carbons (Fsp3) is 0.0556. The number of amides is 1. The molecule has 26 heavy (non-hydrogen) atoms. The normalized spacial score (nSPS) is 10.8. The Morgan fingerprint density at radius 1 is 1.04 bits per heavy atom. The Kier molecular flexibility index (Phi) is 3.98. The number of hydrogen-bond acceptors (Lipinski definition) is 5. The van der Waals surface area contributed by atoms with Crippen LogP contribution in [-0.2, 0) is 6.54 Å². The van der Waals surface area contributed by atoms with Crippen molar-refractivity contribution in [3.63, 3.8) is 0 Å². The molecule has 4 rings (SSSR count). The van der Waals surface area contributed by atoms with E-state index >= 15 is 0 Å². The summed E-state index contributed by atoms with van der Waals surface area (Å²) in [6, 6.07) is 14.0. The summed E-state index contributed by atoms with van der Waals surface area (Å²) < 4.78 is 2.78. The average molecular weight is 346 g/mol. The van der Waals surface area contributed by atoms with Crippen LogP contribution >= 0.6 is 0 Å². The molecule has 8 heteroatoms. The Balaban J connectivity index is 1.53. The number of carbonyl (C=O) groups is 1. The fourth-order valence-corrected chi connectivity index (χ4v) is 2.59. The molecule has 1 amide bonds. The molecule has 0 spiro atoms. The first-order valence-electron chi connectivity index (χ1n) is 7.90. The lowest BCUT2D eigenvalue weighted by molar-refractivity contribution is 0.101. The maximum atomic E-state index is 12.4. The first-order chi connectivity index (χ1) is 12.7. The van der Waals surface area contributed by atoms with Gasteiger partial charge in [-0.05, 0) is 29.8 Å². The maximum absolute atomic E-state index is 12.4. The maximum Gasteiger partial charge on any atom is 0.280 e. The van der Waals surface area contributed by atoms with E-state index in [1.807, 2.05) is 12.1 Å². The molecular formula is C18H14N6O2. The number of benzene rings is 2. The Bertz CT molecular complexity index is 1120. The standard InChI is InChI=1S/C18H14N6O2/c25-17(14-7-5-13(6-8-14)9-23-11-19-10-21-23)22-24-12-20-16-4-2-1-3-15(16)18(24)26/h1-8,10-12H,9H2,(H,22,25). The van der Waals surface area contributed by atoms with Crippen molar-refractivity contribution in [2.24, 2.45) is 0 Å². The molecular weight excluding hydrogens is 332 g/mol. The van der Waals surface area contributed by atoms with Gasteiger partial charge < -0.3 is 0 Å². The minimum absolute atomic E-state index is 0.327. The molecule has 8 nitrogen and oxygen atoms in total. The van der Waals surface area contributed by atoms with Crippen LogP contribution in [0.15, 0.2) is 72.3 Å². The zero-order valence-corrected chi connectivity index (χ0v) is 13.6. The molecule has 0 bridgehead atoms. The smallest absolute Gasteiger partial charge is 0.267 e. The Hall–Kier alpha value is -3.81. The van der Waals surface area contributed by atoms with Crippen molar-refractivity contribution in [3.05, 3.63) is 89.0 Å². The van der Waals surface area contributed by atoms with Crippen LogP contribution in [0.1, 0.15) is 15.9 Å². The number of aromatic nitrogens is 5. The van der Waals surface area contributed by atoms with Crippen LogP contribution in [0.4, 0.5) is 0 Å². The van der Waals surface area contributed by atoms with Crippen LogP contribution in [0.2, 0.25) is 0 Å². The van der Waals surface area contributed by atoms with Crippen molar-refractivity contribution < 1.29 is 4.79 Å². The number of rotatable bonds is 4. The Morgan fingerprint density at radius 2 is 1.85 bits per heavy atom. The number of fused-ring (bicyclic) bond motifs is 1. The number of nitrogens with one attached hydrogen (secondary N) is 1. The highest BCUT2D eigenvalue weighted by Gasteiger charge is 2.09. The van der Waals surface area contributed by atoms with Gasteiger partial charge in [0, 0.05) is 5.56 Å². The Labute approximate surface area is 147 Å². The molecule has 0 saturated carbocycles. The third-order valence-electron chi connectivity index (χ3n) is 3.91. The van der Waals surface area contributed by atoms with Gasteiger partial charge in [-0.2, -0.15) is 5.10 Å². The lowest BCUT2D eigenvalue weighted by Crippen LogP contribution is -2.33. The summed E-state index contributed by atoms with van der Waals surface area (Å²) in [6.07, 6.45) is 4.40. The van der Waals surface area contributed by atoms with Crippen molar-refractivity contribution in [1.82, 2.24) is 24.4 Å². The highest BCUT2D eigenvalue weighted by molar-refractivity contribution is 6.00. The van der Waals surface area contributed by atoms with Crippen LogP contribution in [0.5, 0.6) is 0 Å². The minimum atomic E-state index is -0.392. The van der Waals surface area contributed by atoms with E-state index in [4.69, 9.17) is 0 Å². The van der Waals surface area contributed by atoms with Gasteiger partial charge in [-0.1, -0.05) is 24.3 Å². The highest BCUT2D eigenvalue weighted by Crippen LogP contribution is 2.07. The molecule has 4 aromatic rings. The molecule has 2 heterocycles. The van der Waals surface area contributed by atoms with Gasteiger partial charge in [0.05, 0.1) is 17.4 Å². The molecule has 0 aliphatic carbocycles. The summed E-state index contributed by atoms with van der Waals surface area (Å²) in [6.45, 7) is 0.565. The predicted molar refractivity (Wildman–Crippen MR) is 95.3 cm³/mol. The van der Waals surface area contributed by atoms with Gasteiger partial charge in [0.1, 0.15) is 19.0 Å². The lowest BCUT2D eigenvalue weighted by Gasteiger charge is -2.09. The van der Waals surface area contributed by atoms with Gasteiger partial charge in [-0.3, -0.25) is 15.0 Å². The summed E-state index contributed by atoms with van der Waals surface area (Å²) in [5.74, 6) is -0.392. The topological polar surface area (TPSA) is 94.7 Å². The Morgan fingerprint density at radius 3 is 2.62 bits per heavy atom. The molecule has 0 fully saturated rings. The molecule has 0 unspecified atom stereocenters. The predicted octanol–water partition coefficient (Wildman–Crippen LogP) is 1.42. The summed E-state index contributed by atoms with van der Waals surface area (Å²) in [4.78, 5) is 32.9.